The largest absolute Gasteiger partial charge is 0.444 e. The zero-order valence-corrected chi connectivity index (χ0v) is 21.9. The summed E-state index contributed by atoms with van der Waals surface area (Å²) in [6.45, 7) is 13.4. The van der Waals surface area contributed by atoms with Crippen LogP contribution in [0, 0.1) is 5.92 Å². The summed E-state index contributed by atoms with van der Waals surface area (Å²) in [6.07, 6.45) is 3.09. The number of carbonyl (C=O) groups excluding carboxylic acids is 1. The first-order valence-electron chi connectivity index (χ1n) is 10.0. The van der Waals surface area contributed by atoms with E-state index in [-0.39, 0.29) is 42.5 Å². The summed E-state index contributed by atoms with van der Waals surface area (Å²) in [4.78, 5) is 18.2. The summed E-state index contributed by atoms with van der Waals surface area (Å²) in [6, 6.07) is 0. The molecule has 1 rings (SSSR count). The summed E-state index contributed by atoms with van der Waals surface area (Å²) in [7, 11) is 3.54. The number of amides is 1. The molecule has 1 heterocycles. The van der Waals surface area contributed by atoms with Gasteiger partial charge in [-0.3, -0.25) is 4.68 Å². The first-order valence-corrected chi connectivity index (χ1v) is 10.0. The Labute approximate surface area is 197 Å². The third kappa shape index (κ3) is 10.5. The van der Waals surface area contributed by atoms with Crippen LogP contribution in [0.2, 0.25) is 0 Å². The average molecular weight is 538 g/mol. The second-order valence-corrected chi connectivity index (χ2v) is 8.72. The van der Waals surface area contributed by atoms with Crippen molar-refractivity contribution in [1.82, 2.24) is 25.3 Å². The number of ether oxygens (including phenoxy) is 1. The second-order valence-electron chi connectivity index (χ2n) is 8.72. The highest BCUT2D eigenvalue weighted by Gasteiger charge is 2.25. The molecule has 0 radical (unpaired) electrons. The van der Waals surface area contributed by atoms with Gasteiger partial charge in [0.2, 0.25) is 0 Å². The standard InChI is InChI=1S/C20H38N6O3.HI/c1-9-21-17(23-14-20(6,28)16-11-24-26(8)13-16)22-10-15(2)12-25(7)18(27)29-19(3,4)5;/h11,13,15,28H,9-10,12,14H2,1-8H3,(H2,21,22,23);1H. The van der Waals surface area contributed by atoms with Crippen molar-refractivity contribution < 1.29 is 14.6 Å². The molecular formula is C20H39IN6O3. The Morgan fingerprint density at radius 3 is 2.50 bits per heavy atom. The molecule has 1 aromatic heterocycles. The van der Waals surface area contributed by atoms with Gasteiger partial charge in [-0.1, -0.05) is 6.92 Å². The predicted octanol–water partition coefficient (Wildman–Crippen LogP) is 2.30. The first-order chi connectivity index (χ1) is 13.3. The van der Waals surface area contributed by atoms with Crippen LogP contribution in [-0.4, -0.2) is 70.7 Å². The molecule has 174 valence electrons. The number of aromatic nitrogens is 2. The molecule has 30 heavy (non-hydrogen) atoms. The normalized spacial score (nSPS) is 14.9. The molecule has 0 saturated heterocycles. The number of hydrogen-bond donors (Lipinski definition) is 3. The Bertz CT molecular complexity index is 684. The van der Waals surface area contributed by atoms with Gasteiger partial charge in [-0.15, -0.1) is 24.0 Å². The van der Waals surface area contributed by atoms with Gasteiger partial charge in [0.1, 0.15) is 11.2 Å². The molecular weight excluding hydrogens is 499 g/mol. The van der Waals surface area contributed by atoms with Crippen LogP contribution >= 0.6 is 24.0 Å². The number of halogens is 1. The van der Waals surface area contributed by atoms with Gasteiger partial charge in [-0.2, -0.15) is 5.10 Å². The van der Waals surface area contributed by atoms with Gasteiger partial charge in [0.05, 0.1) is 12.7 Å². The summed E-state index contributed by atoms with van der Waals surface area (Å²) in [5.41, 5.74) is -0.908. The van der Waals surface area contributed by atoms with E-state index in [9.17, 15) is 9.90 Å². The number of nitrogens with zero attached hydrogens (tertiary/aromatic N) is 4. The van der Waals surface area contributed by atoms with E-state index in [0.717, 1.165) is 0 Å². The SMILES string of the molecule is CCNC(=NCC(C)(O)c1cnn(C)c1)NCC(C)CN(C)C(=O)OC(C)(C)C.I. The number of aliphatic hydroxyl groups is 1. The minimum absolute atomic E-state index is 0. The van der Waals surface area contributed by atoms with E-state index in [4.69, 9.17) is 4.74 Å². The van der Waals surface area contributed by atoms with E-state index >= 15 is 0 Å². The van der Waals surface area contributed by atoms with Gasteiger partial charge in [-0.25, -0.2) is 9.79 Å². The van der Waals surface area contributed by atoms with Crippen molar-refractivity contribution in [2.24, 2.45) is 18.0 Å². The van der Waals surface area contributed by atoms with E-state index in [1.165, 1.54) is 0 Å². The van der Waals surface area contributed by atoms with Crippen molar-refractivity contribution in [3.63, 3.8) is 0 Å². The Balaban J connectivity index is 0.00000841. The van der Waals surface area contributed by atoms with E-state index in [1.54, 1.807) is 35.9 Å². The lowest BCUT2D eigenvalue weighted by molar-refractivity contribution is 0.0277. The average Bonchev–Trinajstić information content (AvgIpc) is 3.03. The van der Waals surface area contributed by atoms with Crippen LogP contribution in [0.5, 0.6) is 0 Å². The van der Waals surface area contributed by atoms with E-state index in [2.05, 4.69) is 20.7 Å². The molecule has 3 N–H and O–H groups in total. The number of guanidine groups is 1. The maximum absolute atomic E-state index is 12.1. The van der Waals surface area contributed by atoms with Crippen LogP contribution in [0.1, 0.15) is 47.1 Å². The topological polar surface area (TPSA) is 104 Å². The van der Waals surface area contributed by atoms with Crippen LogP contribution < -0.4 is 10.6 Å². The Morgan fingerprint density at radius 2 is 2.00 bits per heavy atom. The molecule has 0 bridgehead atoms. The van der Waals surface area contributed by atoms with E-state index in [0.29, 0.717) is 31.2 Å². The van der Waals surface area contributed by atoms with Gasteiger partial charge in [0.25, 0.3) is 0 Å². The zero-order chi connectivity index (χ0) is 22.2. The van der Waals surface area contributed by atoms with Crippen LogP contribution in [-0.2, 0) is 17.4 Å². The van der Waals surface area contributed by atoms with E-state index < -0.39 is 11.2 Å². The number of rotatable bonds is 8. The molecule has 0 fully saturated rings. The summed E-state index contributed by atoms with van der Waals surface area (Å²) in [5, 5.41) is 21.2. The van der Waals surface area contributed by atoms with E-state index in [1.807, 2.05) is 41.7 Å². The Hall–Kier alpha value is -1.56. The summed E-state index contributed by atoms with van der Waals surface area (Å²) < 4.78 is 7.03. The minimum Gasteiger partial charge on any atom is -0.444 e. The van der Waals surface area contributed by atoms with Crippen molar-refractivity contribution in [1.29, 1.82) is 0 Å². The molecule has 2 atom stereocenters. The highest BCUT2D eigenvalue weighted by Crippen LogP contribution is 2.19. The quantitative estimate of drug-likeness (QED) is 0.267. The van der Waals surface area contributed by atoms with Crippen molar-refractivity contribution in [2.45, 2.75) is 52.7 Å². The van der Waals surface area contributed by atoms with Gasteiger partial charge in [-0.05, 0) is 40.5 Å². The Morgan fingerprint density at radius 1 is 1.37 bits per heavy atom. The minimum atomic E-state index is -1.11. The van der Waals surface area contributed by atoms with Gasteiger partial charge in [0.15, 0.2) is 5.96 Å². The summed E-state index contributed by atoms with van der Waals surface area (Å²) >= 11 is 0. The van der Waals surface area contributed by atoms with Crippen LogP contribution in [0.15, 0.2) is 17.4 Å². The third-order valence-electron chi connectivity index (χ3n) is 4.12. The molecule has 1 aromatic rings. The molecule has 0 aliphatic heterocycles. The van der Waals surface area contributed by atoms with Crippen molar-refractivity contribution >= 4 is 36.0 Å². The lowest BCUT2D eigenvalue weighted by atomic mass is 10.0. The third-order valence-corrected chi connectivity index (χ3v) is 4.12. The molecule has 2 unspecified atom stereocenters. The second kappa shape index (κ2) is 12.3. The molecule has 0 aromatic carbocycles. The maximum atomic E-state index is 12.1. The predicted molar refractivity (Wildman–Crippen MR) is 130 cm³/mol. The highest BCUT2D eigenvalue weighted by atomic mass is 127. The number of aryl methyl sites for hydroxylation is 1. The van der Waals surface area contributed by atoms with Gasteiger partial charge < -0.3 is 25.4 Å². The first kappa shape index (κ1) is 28.4. The smallest absolute Gasteiger partial charge is 0.410 e. The molecule has 10 heteroatoms. The molecule has 0 spiro atoms. The molecule has 0 aliphatic carbocycles. The molecule has 0 aliphatic rings. The lowest BCUT2D eigenvalue weighted by Gasteiger charge is -2.27. The fraction of sp³-hybridized carbons (Fsp3) is 0.750. The lowest BCUT2D eigenvalue weighted by Crippen LogP contribution is -2.43. The number of hydrogen-bond acceptors (Lipinski definition) is 5. The number of carbonyl (C=O) groups is 1. The molecule has 1 amide bonds. The number of aliphatic imine (C=N–C) groups is 1. The molecule has 0 saturated carbocycles. The monoisotopic (exact) mass is 538 g/mol. The van der Waals surface area contributed by atoms with Crippen LogP contribution in [0.4, 0.5) is 4.79 Å². The molecule has 9 nitrogen and oxygen atoms in total. The van der Waals surface area contributed by atoms with Crippen LogP contribution in [0.25, 0.3) is 0 Å². The van der Waals surface area contributed by atoms with Gasteiger partial charge in [0, 0.05) is 45.5 Å². The summed E-state index contributed by atoms with van der Waals surface area (Å²) in [5.74, 6) is 0.790. The fourth-order valence-electron chi connectivity index (χ4n) is 2.58. The number of nitrogens with one attached hydrogen (secondary N) is 2. The van der Waals surface area contributed by atoms with Crippen LogP contribution in [0.3, 0.4) is 0 Å². The van der Waals surface area contributed by atoms with Gasteiger partial charge >= 0.3 is 6.09 Å². The van der Waals surface area contributed by atoms with Crippen molar-refractivity contribution in [2.75, 3.05) is 33.2 Å². The highest BCUT2D eigenvalue weighted by molar-refractivity contribution is 14.0. The fourth-order valence-corrected chi connectivity index (χ4v) is 2.58. The van der Waals surface area contributed by atoms with Crippen molar-refractivity contribution in [3.8, 4) is 0 Å². The zero-order valence-electron chi connectivity index (χ0n) is 19.5. The Kier molecular flexibility index (Phi) is 11.7. The maximum Gasteiger partial charge on any atom is 0.410 e. The van der Waals surface area contributed by atoms with Crippen molar-refractivity contribution in [3.05, 3.63) is 18.0 Å².